The van der Waals surface area contributed by atoms with Crippen LogP contribution in [0.2, 0.25) is 0 Å². The quantitative estimate of drug-likeness (QED) is 0.886. The van der Waals surface area contributed by atoms with Gasteiger partial charge in [0, 0.05) is 19.1 Å². The SMILES string of the molecule is CNC1CCN(S(=O)(=O)c2cccs2)CC1. The molecule has 0 unspecified atom stereocenters. The molecule has 0 aromatic carbocycles. The molecule has 0 amide bonds. The lowest BCUT2D eigenvalue weighted by atomic mass is 10.1. The number of piperidine rings is 1. The van der Waals surface area contributed by atoms with Gasteiger partial charge in [-0.25, -0.2) is 8.42 Å². The van der Waals surface area contributed by atoms with Crippen molar-refractivity contribution in [1.29, 1.82) is 0 Å². The molecule has 1 fully saturated rings. The van der Waals surface area contributed by atoms with E-state index in [-0.39, 0.29) is 0 Å². The summed E-state index contributed by atoms with van der Waals surface area (Å²) in [5.74, 6) is 0. The summed E-state index contributed by atoms with van der Waals surface area (Å²) >= 11 is 1.28. The van der Waals surface area contributed by atoms with E-state index < -0.39 is 10.0 Å². The first kappa shape index (κ1) is 12.0. The van der Waals surface area contributed by atoms with Gasteiger partial charge in [0.15, 0.2) is 0 Å². The molecule has 0 saturated carbocycles. The van der Waals surface area contributed by atoms with Gasteiger partial charge in [0.1, 0.15) is 4.21 Å². The van der Waals surface area contributed by atoms with Crippen molar-refractivity contribution in [1.82, 2.24) is 9.62 Å². The number of nitrogens with zero attached hydrogens (tertiary/aromatic N) is 1. The smallest absolute Gasteiger partial charge is 0.252 e. The first-order valence-corrected chi connectivity index (χ1v) is 7.67. The van der Waals surface area contributed by atoms with E-state index in [1.54, 1.807) is 21.8 Å². The summed E-state index contributed by atoms with van der Waals surface area (Å²) in [5.41, 5.74) is 0. The van der Waals surface area contributed by atoms with Crippen LogP contribution in [0, 0.1) is 0 Å². The predicted octanol–water partition coefficient (Wildman–Crippen LogP) is 1.12. The Kier molecular flexibility index (Phi) is 3.63. The van der Waals surface area contributed by atoms with Gasteiger partial charge in [-0.15, -0.1) is 11.3 Å². The fourth-order valence-electron chi connectivity index (χ4n) is 1.92. The lowest BCUT2D eigenvalue weighted by Crippen LogP contribution is -2.43. The van der Waals surface area contributed by atoms with Crippen LogP contribution in [0.5, 0.6) is 0 Å². The molecule has 1 N–H and O–H groups in total. The fraction of sp³-hybridized carbons (Fsp3) is 0.600. The third-order valence-corrected chi connectivity index (χ3v) is 6.22. The highest BCUT2D eigenvalue weighted by Crippen LogP contribution is 2.23. The predicted molar refractivity (Wildman–Crippen MR) is 65.2 cm³/mol. The summed E-state index contributed by atoms with van der Waals surface area (Å²) in [6.45, 7) is 1.23. The van der Waals surface area contributed by atoms with Crippen molar-refractivity contribution >= 4 is 21.4 Å². The normalized spacial score (nSPS) is 20.1. The van der Waals surface area contributed by atoms with Crippen molar-refractivity contribution in [2.45, 2.75) is 23.1 Å². The second-order valence-electron chi connectivity index (χ2n) is 3.90. The lowest BCUT2D eigenvalue weighted by molar-refractivity contribution is 0.299. The number of nitrogens with one attached hydrogen (secondary N) is 1. The van der Waals surface area contributed by atoms with Gasteiger partial charge in [-0.2, -0.15) is 4.31 Å². The number of thiophene rings is 1. The van der Waals surface area contributed by atoms with Crippen molar-refractivity contribution in [2.75, 3.05) is 20.1 Å². The molecule has 1 aliphatic rings. The number of hydrogen-bond acceptors (Lipinski definition) is 4. The monoisotopic (exact) mass is 260 g/mol. The molecule has 0 atom stereocenters. The van der Waals surface area contributed by atoms with Gasteiger partial charge in [0.2, 0.25) is 0 Å². The van der Waals surface area contributed by atoms with Crippen LogP contribution < -0.4 is 5.32 Å². The first-order chi connectivity index (χ1) is 7.64. The molecule has 0 spiro atoms. The Morgan fingerprint density at radius 1 is 1.44 bits per heavy atom. The zero-order valence-corrected chi connectivity index (χ0v) is 10.9. The second-order valence-corrected chi connectivity index (χ2v) is 7.01. The van der Waals surface area contributed by atoms with Gasteiger partial charge in [-0.3, -0.25) is 0 Å². The standard InChI is InChI=1S/C10H16N2O2S2/c1-11-9-4-6-12(7-5-9)16(13,14)10-3-2-8-15-10/h2-3,8-9,11H,4-7H2,1H3. The minimum Gasteiger partial charge on any atom is -0.317 e. The Labute approximate surface area is 100 Å². The number of rotatable bonds is 3. The maximum atomic E-state index is 12.2. The van der Waals surface area contributed by atoms with Crippen molar-refractivity contribution in [3.63, 3.8) is 0 Å². The molecule has 2 heterocycles. The van der Waals surface area contributed by atoms with Crippen LogP contribution in [0.1, 0.15) is 12.8 Å². The van der Waals surface area contributed by atoms with E-state index in [1.807, 2.05) is 7.05 Å². The zero-order chi connectivity index (χ0) is 11.6. The highest BCUT2D eigenvalue weighted by molar-refractivity contribution is 7.91. The molecule has 1 aliphatic heterocycles. The maximum Gasteiger partial charge on any atom is 0.252 e. The summed E-state index contributed by atoms with van der Waals surface area (Å²) in [4.78, 5) is 0. The average Bonchev–Trinajstić information content (AvgIpc) is 2.83. The van der Waals surface area contributed by atoms with Gasteiger partial charge in [0.25, 0.3) is 10.0 Å². The van der Waals surface area contributed by atoms with E-state index in [0.717, 1.165) is 12.8 Å². The maximum absolute atomic E-state index is 12.2. The third kappa shape index (κ3) is 2.29. The summed E-state index contributed by atoms with van der Waals surface area (Å²) in [6.07, 6.45) is 1.78. The van der Waals surface area contributed by atoms with Crippen LogP contribution in [0.25, 0.3) is 0 Å². The highest BCUT2D eigenvalue weighted by atomic mass is 32.2. The van der Waals surface area contributed by atoms with E-state index in [4.69, 9.17) is 0 Å². The van der Waals surface area contributed by atoms with Crippen molar-refractivity contribution in [3.8, 4) is 0 Å². The first-order valence-electron chi connectivity index (χ1n) is 5.35. The third-order valence-electron chi connectivity index (χ3n) is 2.95. The molecule has 0 aliphatic carbocycles. The molecular weight excluding hydrogens is 244 g/mol. The minimum absolute atomic E-state index is 0.454. The van der Waals surface area contributed by atoms with Crippen LogP contribution in [0.15, 0.2) is 21.7 Å². The largest absolute Gasteiger partial charge is 0.317 e. The topological polar surface area (TPSA) is 49.4 Å². The zero-order valence-electron chi connectivity index (χ0n) is 9.22. The van der Waals surface area contributed by atoms with Crippen LogP contribution in [0.4, 0.5) is 0 Å². The summed E-state index contributed by atoms with van der Waals surface area (Å²) in [5, 5.41) is 4.99. The van der Waals surface area contributed by atoms with Gasteiger partial charge in [-0.05, 0) is 31.3 Å². The van der Waals surface area contributed by atoms with Gasteiger partial charge >= 0.3 is 0 Å². The number of hydrogen-bond donors (Lipinski definition) is 1. The van der Waals surface area contributed by atoms with Gasteiger partial charge in [0.05, 0.1) is 0 Å². The lowest BCUT2D eigenvalue weighted by Gasteiger charge is -2.30. The van der Waals surface area contributed by atoms with E-state index in [9.17, 15) is 8.42 Å². The molecule has 0 bridgehead atoms. The Balaban J connectivity index is 2.09. The van der Waals surface area contributed by atoms with Crippen LogP contribution in [-0.4, -0.2) is 38.9 Å². The molecule has 0 radical (unpaired) electrons. The summed E-state index contributed by atoms with van der Waals surface area (Å²) < 4.78 is 26.4. The van der Waals surface area contributed by atoms with E-state index in [2.05, 4.69) is 5.32 Å². The Bertz CT molecular complexity index is 420. The molecular formula is C10H16N2O2S2. The van der Waals surface area contributed by atoms with E-state index >= 15 is 0 Å². The van der Waals surface area contributed by atoms with Gasteiger partial charge in [-0.1, -0.05) is 6.07 Å². The van der Waals surface area contributed by atoms with Crippen LogP contribution >= 0.6 is 11.3 Å². The Morgan fingerprint density at radius 3 is 2.62 bits per heavy atom. The average molecular weight is 260 g/mol. The van der Waals surface area contributed by atoms with Crippen LogP contribution in [0.3, 0.4) is 0 Å². The molecule has 16 heavy (non-hydrogen) atoms. The van der Waals surface area contributed by atoms with Crippen molar-refractivity contribution < 1.29 is 8.42 Å². The minimum atomic E-state index is -3.23. The molecule has 1 aromatic heterocycles. The number of sulfonamides is 1. The molecule has 6 heteroatoms. The Hall–Kier alpha value is -0.430. The van der Waals surface area contributed by atoms with Crippen LogP contribution in [-0.2, 0) is 10.0 Å². The molecule has 1 aromatic rings. The fourth-order valence-corrected chi connectivity index (χ4v) is 4.54. The summed E-state index contributed by atoms with van der Waals surface area (Å²) in [7, 11) is -1.30. The molecule has 2 rings (SSSR count). The molecule has 1 saturated heterocycles. The highest BCUT2D eigenvalue weighted by Gasteiger charge is 2.29. The summed E-state index contributed by atoms with van der Waals surface area (Å²) in [6, 6.07) is 3.90. The Morgan fingerprint density at radius 2 is 2.12 bits per heavy atom. The van der Waals surface area contributed by atoms with E-state index in [1.165, 1.54) is 11.3 Å². The van der Waals surface area contributed by atoms with Crippen molar-refractivity contribution in [2.24, 2.45) is 0 Å². The molecule has 4 nitrogen and oxygen atoms in total. The van der Waals surface area contributed by atoms with Crippen molar-refractivity contribution in [3.05, 3.63) is 17.5 Å². The second kappa shape index (κ2) is 4.83. The van der Waals surface area contributed by atoms with Gasteiger partial charge < -0.3 is 5.32 Å². The molecule has 90 valence electrons. The van der Waals surface area contributed by atoms with E-state index in [0.29, 0.717) is 23.3 Å².